The van der Waals surface area contributed by atoms with Crippen molar-refractivity contribution >= 4 is 0 Å². The Balaban J connectivity index is 2.27. The second-order valence-electron chi connectivity index (χ2n) is 5.24. The highest BCUT2D eigenvalue weighted by atomic mass is 15.0. The van der Waals surface area contributed by atoms with Crippen molar-refractivity contribution in [3.8, 4) is 0 Å². The van der Waals surface area contributed by atoms with E-state index in [1.165, 1.54) is 30.5 Å². The maximum atomic E-state index is 3.61. The molecular weight excluding hydrogens is 182 g/mol. The Morgan fingerprint density at radius 2 is 2.13 bits per heavy atom. The summed E-state index contributed by atoms with van der Waals surface area (Å²) < 4.78 is 0. The van der Waals surface area contributed by atoms with E-state index in [4.69, 9.17) is 0 Å². The molecule has 1 nitrogen and oxygen atoms in total. The molecule has 82 valence electrons. The van der Waals surface area contributed by atoms with Gasteiger partial charge in [0.15, 0.2) is 0 Å². The van der Waals surface area contributed by atoms with Gasteiger partial charge in [-0.15, -0.1) is 0 Å². The summed E-state index contributed by atoms with van der Waals surface area (Å²) in [6, 6.07) is 9.55. The van der Waals surface area contributed by atoms with Gasteiger partial charge in [-0.2, -0.15) is 0 Å². The third kappa shape index (κ3) is 2.07. The van der Waals surface area contributed by atoms with E-state index in [-0.39, 0.29) is 5.41 Å². The van der Waals surface area contributed by atoms with E-state index in [2.05, 4.69) is 50.4 Å². The van der Waals surface area contributed by atoms with E-state index in [0.717, 1.165) is 0 Å². The molecule has 1 fully saturated rings. The van der Waals surface area contributed by atoms with Crippen LogP contribution in [-0.4, -0.2) is 12.6 Å². The van der Waals surface area contributed by atoms with E-state index in [1.54, 1.807) is 0 Å². The maximum absolute atomic E-state index is 3.61. The van der Waals surface area contributed by atoms with Crippen LogP contribution < -0.4 is 5.32 Å². The molecule has 2 rings (SSSR count). The van der Waals surface area contributed by atoms with E-state index in [1.807, 2.05) is 0 Å². The molecule has 1 aromatic rings. The molecule has 0 radical (unpaired) electrons. The van der Waals surface area contributed by atoms with Gasteiger partial charge in [0, 0.05) is 11.5 Å². The number of nitrogens with one attached hydrogen (secondary N) is 1. The summed E-state index contributed by atoms with van der Waals surface area (Å²) in [5.74, 6) is 0. The Bertz CT molecular complexity index is 335. The molecular formula is C14H21N. The van der Waals surface area contributed by atoms with Crippen molar-refractivity contribution in [3.63, 3.8) is 0 Å². The Kier molecular flexibility index (Phi) is 2.83. The topological polar surface area (TPSA) is 12.0 Å². The number of hydrogen-bond donors (Lipinski definition) is 1. The first-order valence-electron chi connectivity index (χ1n) is 5.91. The SMILES string of the molecule is Cc1cccc(C(C)(C)C2CCCN2)c1. The molecule has 0 amide bonds. The lowest BCUT2D eigenvalue weighted by Crippen LogP contribution is -2.40. The summed E-state index contributed by atoms with van der Waals surface area (Å²) >= 11 is 0. The quantitative estimate of drug-likeness (QED) is 0.779. The highest BCUT2D eigenvalue weighted by Crippen LogP contribution is 2.31. The molecule has 0 spiro atoms. The first-order chi connectivity index (χ1) is 7.10. The van der Waals surface area contributed by atoms with Gasteiger partial charge < -0.3 is 5.32 Å². The van der Waals surface area contributed by atoms with Gasteiger partial charge >= 0.3 is 0 Å². The van der Waals surface area contributed by atoms with Crippen molar-refractivity contribution < 1.29 is 0 Å². The molecule has 1 atom stereocenters. The minimum Gasteiger partial charge on any atom is -0.313 e. The zero-order valence-electron chi connectivity index (χ0n) is 10.0. The lowest BCUT2D eigenvalue weighted by molar-refractivity contribution is 0.377. The molecule has 1 aliphatic heterocycles. The summed E-state index contributed by atoms with van der Waals surface area (Å²) in [7, 11) is 0. The minimum atomic E-state index is 0.252. The predicted octanol–water partition coefficient (Wildman–Crippen LogP) is 3.02. The van der Waals surface area contributed by atoms with Crippen LogP contribution in [0.25, 0.3) is 0 Å². The van der Waals surface area contributed by atoms with Crippen LogP contribution in [-0.2, 0) is 5.41 Å². The lowest BCUT2D eigenvalue weighted by Gasteiger charge is -2.32. The van der Waals surface area contributed by atoms with Gasteiger partial charge in [0.05, 0.1) is 0 Å². The highest BCUT2D eigenvalue weighted by Gasteiger charge is 2.32. The monoisotopic (exact) mass is 203 g/mol. The lowest BCUT2D eigenvalue weighted by atomic mass is 9.77. The number of rotatable bonds is 2. The zero-order valence-corrected chi connectivity index (χ0v) is 10.0. The van der Waals surface area contributed by atoms with E-state index >= 15 is 0 Å². The van der Waals surface area contributed by atoms with Gasteiger partial charge in [0.25, 0.3) is 0 Å². The normalized spacial score (nSPS) is 21.9. The molecule has 0 bridgehead atoms. The summed E-state index contributed by atoms with van der Waals surface area (Å²) in [6.07, 6.45) is 2.63. The standard InChI is InChI=1S/C14H21N/c1-11-6-4-7-12(10-11)14(2,3)13-8-5-9-15-13/h4,6-7,10,13,15H,5,8-9H2,1-3H3. The summed E-state index contributed by atoms with van der Waals surface area (Å²) in [5, 5.41) is 3.61. The van der Waals surface area contributed by atoms with Crippen LogP contribution in [0.1, 0.15) is 37.8 Å². The van der Waals surface area contributed by atoms with Crippen LogP contribution >= 0.6 is 0 Å². The van der Waals surface area contributed by atoms with Crippen LogP contribution in [0.5, 0.6) is 0 Å². The van der Waals surface area contributed by atoms with Crippen molar-refractivity contribution in [1.29, 1.82) is 0 Å². The van der Waals surface area contributed by atoms with Crippen molar-refractivity contribution in [2.75, 3.05) is 6.54 Å². The van der Waals surface area contributed by atoms with Crippen LogP contribution in [0.3, 0.4) is 0 Å². The van der Waals surface area contributed by atoms with Crippen LogP contribution in [0, 0.1) is 6.92 Å². The molecule has 0 aromatic heterocycles. The van der Waals surface area contributed by atoms with Gasteiger partial charge in [-0.3, -0.25) is 0 Å². The Morgan fingerprint density at radius 1 is 1.33 bits per heavy atom. The smallest absolute Gasteiger partial charge is 0.0159 e. The number of aryl methyl sites for hydroxylation is 1. The van der Waals surface area contributed by atoms with Gasteiger partial charge in [-0.05, 0) is 31.9 Å². The second kappa shape index (κ2) is 3.97. The van der Waals surface area contributed by atoms with Gasteiger partial charge in [0.1, 0.15) is 0 Å². The fourth-order valence-corrected chi connectivity index (χ4v) is 2.55. The average molecular weight is 203 g/mol. The predicted molar refractivity (Wildman–Crippen MR) is 65.2 cm³/mol. The molecule has 0 saturated carbocycles. The van der Waals surface area contributed by atoms with Gasteiger partial charge in [-0.1, -0.05) is 43.7 Å². The van der Waals surface area contributed by atoms with Crippen LogP contribution in [0.15, 0.2) is 24.3 Å². The molecule has 1 saturated heterocycles. The van der Waals surface area contributed by atoms with Crippen molar-refractivity contribution in [2.24, 2.45) is 0 Å². The van der Waals surface area contributed by atoms with E-state index < -0.39 is 0 Å². The third-order valence-electron chi connectivity index (χ3n) is 3.69. The molecule has 1 heterocycles. The summed E-state index contributed by atoms with van der Waals surface area (Å²) in [4.78, 5) is 0. The van der Waals surface area contributed by atoms with Crippen molar-refractivity contribution in [1.82, 2.24) is 5.32 Å². The Hall–Kier alpha value is -0.820. The summed E-state index contributed by atoms with van der Waals surface area (Å²) in [6.45, 7) is 8.05. The second-order valence-corrected chi connectivity index (χ2v) is 5.24. The van der Waals surface area contributed by atoms with Gasteiger partial charge in [-0.25, -0.2) is 0 Å². The minimum absolute atomic E-state index is 0.252. The molecule has 15 heavy (non-hydrogen) atoms. The first-order valence-corrected chi connectivity index (χ1v) is 5.91. The molecule has 1 aromatic carbocycles. The molecule has 1 N–H and O–H groups in total. The van der Waals surface area contributed by atoms with Gasteiger partial charge in [0.2, 0.25) is 0 Å². The zero-order chi connectivity index (χ0) is 10.9. The molecule has 1 unspecified atom stereocenters. The third-order valence-corrected chi connectivity index (χ3v) is 3.69. The Labute approximate surface area is 92.9 Å². The fourth-order valence-electron chi connectivity index (χ4n) is 2.55. The molecule has 1 aliphatic rings. The first kappa shape index (κ1) is 10.7. The fraction of sp³-hybridized carbons (Fsp3) is 0.571. The van der Waals surface area contributed by atoms with Crippen molar-refractivity contribution in [3.05, 3.63) is 35.4 Å². The number of hydrogen-bond acceptors (Lipinski definition) is 1. The molecule has 0 aliphatic carbocycles. The number of benzene rings is 1. The van der Waals surface area contributed by atoms with Crippen LogP contribution in [0.2, 0.25) is 0 Å². The molecule has 1 heteroatoms. The Morgan fingerprint density at radius 3 is 2.73 bits per heavy atom. The van der Waals surface area contributed by atoms with E-state index in [0.29, 0.717) is 6.04 Å². The average Bonchev–Trinajstić information content (AvgIpc) is 2.71. The summed E-state index contributed by atoms with van der Waals surface area (Å²) in [5.41, 5.74) is 3.07. The van der Waals surface area contributed by atoms with Crippen molar-refractivity contribution in [2.45, 2.75) is 45.1 Å². The van der Waals surface area contributed by atoms with E-state index in [9.17, 15) is 0 Å². The maximum Gasteiger partial charge on any atom is 0.0159 e. The largest absolute Gasteiger partial charge is 0.313 e. The van der Waals surface area contributed by atoms with Crippen LogP contribution in [0.4, 0.5) is 0 Å². The highest BCUT2D eigenvalue weighted by molar-refractivity contribution is 5.30.